The number of carbonyl (C=O) groups is 1. The van der Waals surface area contributed by atoms with E-state index in [2.05, 4.69) is 10.0 Å². The molecule has 0 bridgehead atoms. The van der Waals surface area contributed by atoms with Gasteiger partial charge in [-0.3, -0.25) is 9.52 Å². The molecule has 0 radical (unpaired) electrons. The molecule has 2 rings (SSSR count). The number of aryl methyl sites for hydroxylation is 1. The maximum absolute atomic E-state index is 12.2. The Morgan fingerprint density at radius 2 is 1.80 bits per heavy atom. The van der Waals surface area contributed by atoms with E-state index in [0.717, 1.165) is 5.56 Å². The predicted molar refractivity (Wildman–Crippen MR) is 97.5 cm³/mol. The number of nitrogens with zero attached hydrogens (tertiary/aromatic N) is 1. The van der Waals surface area contributed by atoms with E-state index in [1.807, 2.05) is 13.0 Å². The van der Waals surface area contributed by atoms with Gasteiger partial charge in [0.2, 0.25) is 15.9 Å². The summed E-state index contributed by atoms with van der Waals surface area (Å²) in [6.45, 7) is 3.43. The van der Waals surface area contributed by atoms with Crippen LogP contribution in [-0.2, 0) is 14.8 Å². The molecule has 25 heavy (non-hydrogen) atoms. The van der Waals surface area contributed by atoms with E-state index in [4.69, 9.17) is 5.26 Å². The first-order valence-electron chi connectivity index (χ1n) is 7.68. The summed E-state index contributed by atoms with van der Waals surface area (Å²) in [6.07, 6.45) is 0. The van der Waals surface area contributed by atoms with Gasteiger partial charge in [0, 0.05) is 5.69 Å². The van der Waals surface area contributed by atoms with Crippen LogP contribution in [0, 0.1) is 24.2 Å². The monoisotopic (exact) mass is 357 g/mol. The molecule has 0 heterocycles. The molecular weight excluding hydrogens is 338 g/mol. The third kappa shape index (κ3) is 5.33. The molecular formula is C18H19N3O3S. The summed E-state index contributed by atoms with van der Waals surface area (Å²) in [7, 11) is -3.68. The van der Waals surface area contributed by atoms with Crippen LogP contribution in [0.2, 0.25) is 0 Å². The van der Waals surface area contributed by atoms with E-state index in [0.29, 0.717) is 16.9 Å². The van der Waals surface area contributed by atoms with E-state index < -0.39 is 21.8 Å². The minimum atomic E-state index is -3.68. The Hall–Kier alpha value is -2.85. The van der Waals surface area contributed by atoms with Gasteiger partial charge in [-0.05, 0) is 31.2 Å². The summed E-state index contributed by atoms with van der Waals surface area (Å²) >= 11 is 0. The van der Waals surface area contributed by atoms with Crippen molar-refractivity contribution in [2.24, 2.45) is 5.92 Å². The molecule has 2 aromatic carbocycles. The second-order valence-corrected chi connectivity index (χ2v) is 7.56. The number of carbonyl (C=O) groups excluding carboxylic acids is 1. The Kier molecular flexibility index (Phi) is 5.78. The number of para-hydroxylation sites is 1. The maximum atomic E-state index is 12.2. The molecule has 0 aliphatic heterocycles. The minimum absolute atomic E-state index is 0.323. The molecule has 1 unspecified atom stereocenters. The third-order valence-corrected chi connectivity index (χ3v) is 5.03. The van der Waals surface area contributed by atoms with Crippen molar-refractivity contribution < 1.29 is 13.2 Å². The smallest absolute Gasteiger partial charge is 0.233 e. The molecule has 1 amide bonds. The standard InChI is InChI=1S/C18H19N3O3S/c1-13-7-9-16(10-8-13)21-25(23,24)12-14(2)18(22)20-17-6-4-3-5-15(17)11-19/h3-10,14,21H,12H2,1-2H3,(H,20,22). The number of nitrogens with one attached hydrogen (secondary N) is 2. The number of benzene rings is 2. The highest BCUT2D eigenvalue weighted by Crippen LogP contribution is 2.16. The van der Waals surface area contributed by atoms with Gasteiger partial charge in [-0.15, -0.1) is 0 Å². The fraction of sp³-hybridized carbons (Fsp3) is 0.222. The number of anilines is 2. The Bertz CT molecular complexity index is 900. The van der Waals surface area contributed by atoms with Crippen LogP contribution in [0.15, 0.2) is 48.5 Å². The van der Waals surface area contributed by atoms with Gasteiger partial charge in [-0.1, -0.05) is 36.8 Å². The summed E-state index contributed by atoms with van der Waals surface area (Å²) < 4.78 is 26.9. The molecule has 0 aliphatic carbocycles. The molecule has 0 fully saturated rings. The molecule has 2 N–H and O–H groups in total. The molecule has 0 saturated carbocycles. The predicted octanol–water partition coefficient (Wildman–Crippen LogP) is 2.88. The molecule has 0 aliphatic rings. The van der Waals surface area contributed by atoms with Gasteiger partial charge in [0.05, 0.1) is 22.9 Å². The zero-order valence-electron chi connectivity index (χ0n) is 14.0. The lowest BCUT2D eigenvalue weighted by Crippen LogP contribution is -2.30. The lowest BCUT2D eigenvalue weighted by Gasteiger charge is -2.14. The van der Waals surface area contributed by atoms with Crippen molar-refractivity contribution in [1.82, 2.24) is 0 Å². The van der Waals surface area contributed by atoms with Crippen LogP contribution in [-0.4, -0.2) is 20.1 Å². The Labute approximate surface area is 147 Å². The molecule has 7 heteroatoms. The number of amides is 1. The Balaban J connectivity index is 2.02. The average molecular weight is 357 g/mol. The molecule has 2 aromatic rings. The fourth-order valence-electron chi connectivity index (χ4n) is 2.19. The third-order valence-electron chi connectivity index (χ3n) is 3.55. The minimum Gasteiger partial charge on any atom is -0.325 e. The fourth-order valence-corrected chi connectivity index (χ4v) is 3.58. The lowest BCUT2D eigenvalue weighted by atomic mass is 10.1. The summed E-state index contributed by atoms with van der Waals surface area (Å²) in [5.41, 5.74) is 2.16. The zero-order valence-corrected chi connectivity index (χ0v) is 14.8. The summed E-state index contributed by atoms with van der Waals surface area (Å²) in [5.74, 6) is -1.60. The van der Waals surface area contributed by atoms with Crippen LogP contribution in [0.4, 0.5) is 11.4 Å². The van der Waals surface area contributed by atoms with Crippen molar-refractivity contribution in [3.05, 3.63) is 59.7 Å². The highest BCUT2D eigenvalue weighted by atomic mass is 32.2. The highest BCUT2D eigenvalue weighted by molar-refractivity contribution is 7.92. The number of nitriles is 1. The van der Waals surface area contributed by atoms with Gasteiger partial charge < -0.3 is 5.32 Å². The molecule has 6 nitrogen and oxygen atoms in total. The van der Waals surface area contributed by atoms with Gasteiger partial charge >= 0.3 is 0 Å². The van der Waals surface area contributed by atoms with Crippen LogP contribution >= 0.6 is 0 Å². The van der Waals surface area contributed by atoms with E-state index in [-0.39, 0.29) is 5.75 Å². The number of sulfonamides is 1. The molecule has 130 valence electrons. The number of hydrogen-bond acceptors (Lipinski definition) is 4. The zero-order chi connectivity index (χ0) is 18.4. The van der Waals surface area contributed by atoms with E-state index in [1.54, 1.807) is 48.5 Å². The summed E-state index contributed by atoms with van der Waals surface area (Å²) in [6, 6.07) is 15.5. The molecule has 0 aromatic heterocycles. The van der Waals surface area contributed by atoms with Crippen molar-refractivity contribution in [3.8, 4) is 6.07 Å². The first-order valence-corrected chi connectivity index (χ1v) is 9.33. The molecule has 1 atom stereocenters. The molecule has 0 spiro atoms. The van der Waals surface area contributed by atoms with E-state index >= 15 is 0 Å². The molecule has 0 saturated heterocycles. The summed E-state index contributed by atoms with van der Waals surface area (Å²) in [4.78, 5) is 12.2. The van der Waals surface area contributed by atoms with Crippen LogP contribution in [0.5, 0.6) is 0 Å². The average Bonchev–Trinajstić information content (AvgIpc) is 2.56. The van der Waals surface area contributed by atoms with Crippen LogP contribution in [0.1, 0.15) is 18.1 Å². The van der Waals surface area contributed by atoms with Crippen molar-refractivity contribution in [2.75, 3.05) is 15.8 Å². The van der Waals surface area contributed by atoms with Crippen molar-refractivity contribution >= 4 is 27.3 Å². The topological polar surface area (TPSA) is 99.1 Å². The van der Waals surface area contributed by atoms with E-state index in [1.165, 1.54) is 6.92 Å². The second kappa shape index (κ2) is 7.81. The van der Waals surface area contributed by atoms with Gasteiger partial charge in [0.15, 0.2) is 0 Å². The Morgan fingerprint density at radius 3 is 2.44 bits per heavy atom. The van der Waals surface area contributed by atoms with Crippen LogP contribution in [0.3, 0.4) is 0 Å². The highest BCUT2D eigenvalue weighted by Gasteiger charge is 2.22. The van der Waals surface area contributed by atoms with Crippen LogP contribution < -0.4 is 10.0 Å². The van der Waals surface area contributed by atoms with Gasteiger partial charge in [-0.2, -0.15) is 5.26 Å². The SMILES string of the molecule is Cc1ccc(NS(=O)(=O)CC(C)C(=O)Nc2ccccc2C#N)cc1. The van der Waals surface area contributed by atoms with E-state index in [9.17, 15) is 13.2 Å². The summed E-state index contributed by atoms with van der Waals surface area (Å²) in [5, 5.41) is 11.6. The van der Waals surface area contributed by atoms with Crippen molar-refractivity contribution in [2.45, 2.75) is 13.8 Å². The van der Waals surface area contributed by atoms with Gasteiger partial charge in [-0.25, -0.2) is 8.42 Å². The van der Waals surface area contributed by atoms with Crippen molar-refractivity contribution in [1.29, 1.82) is 5.26 Å². The first-order chi connectivity index (χ1) is 11.8. The first kappa shape index (κ1) is 18.5. The number of rotatable bonds is 6. The Morgan fingerprint density at radius 1 is 1.16 bits per heavy atom. The lowest BCUT2D eigenvalue weighted by molar-refractivity contribution is -0.118. The second-order valence-electron chi connectivity index (χ2n) is 5.80. The quantitative estimate of drug-likeness (QED) is 0.830. The van der Waals surface area contributed by atoms with Crippen LogP contribution in [0.25, 0.3) is 0 Å². The van der Waals surface area contributed by atoms with Crippen molar-refractivity contribution in [3.63, 3.8) is 0 Å². The number of hydrogen-bond donors (Lipinski definition) is 2. The normalized spacial score (nSPS) is 12.0. The van der Waals surface area contributed by atoms with Gasteiger partial charge in [0.25, 0.3) is 0 Å². The maximum Gasteiger partial charge on any atom is 0.233 e. The van der Waals surface area contributed by atoms with Gasteiger partial charge in [0.1, 0.15) is 6.07 Å². The largest absolute Gasteiger partial charge is 0.325 e.